The molecule has 0 aromatic heterocycles. The summed E-state index contributed by atoms with van der Waals surface area (Å²) >= 11 is 1.18. The number of amides is 1. The van der Waals surface area contributed by atoms with Crippen LogP contribution < -0.4 is 5.32 Å². The zero-order chi connectivity index (χ0) is 17.2. The average Bonchev–Trinajstić information content (AvgIpc) is 2.53. The van der Waals surface area contributed by atoms with Gasteiger partial charge in [0.25, 0.3) is 11.6 Å². The molecule has 0 spiro atoms. The van der Waals surface area contributed by atoms with Crippen molar-refractivity contribution in [3.05, 3.63) is 34.4 Å². The highest BCUT2D eigenvalue weighted by molar-refractivity contribution is 8.00. The summed E-state index contributed by atoms with van der Waals surface area (Å²) in [5, 5.41) is 13.1. The number of esters is 1. The van der Waals surface area contributed by atoms with Gasteiger partial charge in [-0.05, 0) is 19.1 Å². The van der Waals surface area contributed by atoms with Crippen LogP contribution in [0.25, 0.3) is 0 Å². The van der Waals surface area contributed by atoms with Crippen molar-refractivity contribution in [2.24, 2.45) is 0 Å². The zero-order valence-electron chi connectivity index (χ0n) is 12.8. The van der Waals surface area contributed by atoms with Crippen molar-refractivity contribution in [1.82, 2.24) is 5.32 Å². The summed E-state index contributed by atoms with van der Waals surface area (Å²) in [5.74, 6) is -0.925. The van der Waals surface area contributed by atoms with E-state index >= 15 is 0 Å². The Morgan fingerprint density at radius 2 is 2.00 bits per heavy atom. The Bertz CT molecular complexity index is 549. The molecule has 1 rings (SSSR count). The number of carbonyl (C=O) groups excluding carboxylic acids is 2. The quantitative estimate of drug-likeness (QED) is 0.237. The number of thioether (sulfide) groups is 1. The molecule has 9 heteroatoms. The Morgan fingerprint density at radius 3 is 2.57 bits per heavy atom. The van der Waals surface area contributed by atoms with Crippen molar-refractivity contribution in [1.29, 1.82) is 0 Å². The topological polar surface area (TPSA) is 108 Å². The first-order valence-electron chi connectivity index (χ1n) is 6.77. The first-order chi connectivity index (χ1) is 10.9. The number of methoxy groups -OCH3 is 1. The minimum atomic E-state index is -0.892. The van der Waals surface area contributed by atoms with Crippen LogP contribution in [0.3, 0.4) is 0 Å². The van der Waals surface area contributed by atoms with Gasteiger partial charge in [-0.25, -0.2) is 0 Å². The number of hydrogen-bond acceptors (Lipinski definition) is 7. The Morgan fingerprint density at radius 1 is 1.35 bits per heavy atom. The van der Waals surface area contributed by atoms with E-state index in [-0.39, 0.29) is 11.4 Å². The number of carbonyl (C=O) groups is 2. The number of nitro benzene ring substituents is 1. The number of rotatable bonds is 9. The molecule has 1 atom stereocenters. The first kappa shape index (κ1) is 18.9. The van der Waals surface area contributed by atoms with Gasteiger partial charge in [-0.15, -0.1) is 11.8 Å². The SMILES string of the molecule is COCCNC(=O)[C@H](C)OC(=O)CSc1ccc([N+](=O)[O-])cc1. The molecule has 1 N–H and O–H groups in total. The summed E-state index contributed by atoms with van der Waals surface area (Å²) in [6, 6.07) is 5.83. The molecular formula is C14H18N2O6S. The van der Waals surface area contributed by atoms with E-state index in [2.05, 4.69) is 5.32 Å². The van der Waals surface area contributed by atoms with Crippen molar-refractivity contribution in [2.45, 2.75) is 17.9 Å². The summed E-state index contributed by atoms with van der Waals surface area (Å²) < 4.78 is 9.80. The summed E-state index contributed by atoms with van der Waals surface area (Å²) in [5.41, 5.74) is -0.0155. The van der Waals surface area contributed by atoms with Crippen LogP contribution in [-0.4, -0.2) is 48.9 Å². The number of benzene rings is 1. The lowest BCUT2D eigenvalue weighted by Gasteiger charge is -2.13. The predicted molar refractivity (Wildman–Crippen MR) is 84.3 cm³/mol. The molecule has 0 heterocycles. The number of nitrogens with zero attached hydrogens (tertiary/aromatic N) is 1. The second-order valence-electron chi connectivity index (χ2n) is 4.46. The normalized spacial score (nSPS) is 11.6. The standard InChI is InChI=1S/C14H18N2O6S/c1-10(14(18)15-7-8-21-2)22-13(17)9-23-12-5-3-11(4-6-12)16(19)20/h3-6,10H,7-9H2,1-2H3,(H,15,18)/t10-/m0/s1. The number of non-ortho nitro benzene ring substituents is 1. The van der Waals surface area contributed by atoms with E-state index in [1.165, 1.54) is 37.9 Å². The van der Waals surface area contributed by atoms with E-state index in [9.17, 15) is 19.7 Å². The van der Waals surface area contributed by atoms with E-state index in [1.807, 2.05) is 0 Å². The largest absolute Gasteiger partial charge is 0.452 e. The molecule has 23 heavy (non-hydrogen) atoms. The van der Waals surface area contributed by atoms with E-state index in [1.54, 1.807) is 12.1 Å². The number of hydrogen-bond donors (Lipinski definition) is 1. The highest BCUT2D eigenvalue weighted by Crippen LogP contribution is 2.21. The van der Waals surface area contributed by atoms with Crippen molar-refractivity contribution >= 4 is 29.3 Å². The molecule has 1 amide bonds. The van der Waals surface area contributed by atoms with Gasteiger partial charge >= 0.3 is 5.97 Å². The third-order valence-corrected chi connectivity index (χ3v) is 3.67. The van der Waals surface area contributed by atoms with Crippen molar-refractivity contribution in [3.8, 4) is 0 Å². The molecule has 0 aliphatic carbocycles. The monoisotopic (exact) mass is 342 g/mol. The van der Waals surface area contributed by atoms with E-state index < -0.39 is 22.9 Å². The van der Waals surface area contributed by atoms with Gasteiger partial charge in [0, 0.05) is 30.7 Å². The van der Waals surface area contributed by atoms with Crippen molar-refractivity contribution in [3.63, 3.8) is 0 Å². The highest BCUT2D eigenvalue weighted by Gasteiger charge is 2.17. The van der Waals surface area contributed by atoms with Gasteiger partial charge in [0.1, 0.15) is 0 Å². The lowest BCUT2D eigenvalue weighted by atomic mass is 10.3. The van der Waals surface area contributed by atoms with Crippen LogP contribution in [-0.2, 0) is 19.1 Å². The Kier molecular flexibility index (Phi) is 8.06. The van der Waals surface area contributed by atoms with Crippen LogP contribution in [0.5, 0.6) is 0 Å². The molecular weight excluding hydrogens is 324 g/mol. The van der Waals surface area contributed by atoms with Crippen LogP contribution >= 0.6 is 11.8 Å². The average molecular weight is 342 g/mol. The zero-order valence-corrected chi connectivity index (χ0v) is 13.6. The maximum atomic E-state index is 11.7. The van der Waals surface area contributed by atoms with Crippen LogP contribution in [0.1, 0.15) is 6.92 Å². The lowest BCUT2D eigenvalue weighted by molar-refractivity contribution is -0.384. The van der Waals surface area contributed by atoms with Crippen LogP contribution in [0.15, 0.2) is 29.2 Å². The molecule has 0 aliphatic rings. The molecule has 0 unspecified atom stereocenters. The van der Waals surface area contributed by atoms with Crippen LogP contribution in [0, 0.1) is 10.1 Å². The molecule has 0 bridgehead atoms. The molecule has 0 aliphatic heterocycles. The summed E-state index contributed by atoms with van der Waals surface area (Å²) in [6.45, 7) is 2.20. The molecule has 8 nitrogen and oxygen atoms in total. The van der Waals surface area contributed by atoms with Gasteiger partial charge in [-0.1, -0.05) is 0 Å². The van der Waals surface area contributed by atoms with E-state index in [4.69, 9.17) is 9.47 Å². The molecule has 0 fully saturated rings. The number of nitro groups is 1. The van der Waals surface area contributed by atoms with E-state index in [0.717, 1.165) is 0 Å². The minimum Gasteiger partial charge on any atom is -0.452 e. The lowest BCUT2D eigenvalue weighted by Crippen LogP contribution is -2.37. The van der Waals surface area contributed by atoms with Crippen molar-refractivity contribution < 1.29 is 24.0 Å². The fraction of sp³-hybridized carbons (Fsp3) is 0.429. The third kappa shape index (κ3) is 7.11. The second kappa shape index (κ2) is 9.80. The van der Waals surface area contributed by atoms with Gasteiger partial charge in [-0.3, -0.25) is 19.7 Å². The maximum absolute atomic E-state index is 11.7. The van der Waals surface area contributed by atoms with Crippen molar-refractivity contribution in [2.75, 3.05) is 26.0 Å². The summed E-state index contributed by atoms with van der Waals surface area (Å²) in [4.78, 5) is 34.0. The maximum Gasteiger partial charge on any atom is 0.317 e. The Hall–Kier alpha value is -2.13. The molecule has 1 aromatic rings. The highest BCUT2D eigenvalue weighted by atomic mass is 32.2. The summed E-state index contributed by atoms with van der Waals surface area (Å²) in [6.07, 6.45) is -0.892. The number of ether oxygens (including phenoxy) is 2. The number of nitrogens with one attached hydrogen (secondary N) is 1. The second-order valence-corrected chi connectivity index (χ2v) is 5.50. The molecule has 0 saturated heterocycles. The molecule has 0 radical (unpaired) electrons. The van der Waals surface area contributed by atoms with Gasteiger partial charge < -0.3 is 14.8 Å². The molecule has 126 valence electrons. The predicted octanol–water partition coefficient (Wildman–Crippen LogP) is 1.38. The van der Waals surface area contributed by atoms with Gasteiger partial charge in [0.05, 0.1) is 17.3 Å². The van der Waals surface area contributed by atoms with E-state index in [0.29, 0.717) is 18.0 Å². The van der Waals surface area contributed by atoms with Gasteiger partial charge in [0.15, 0.2) is 6.10 Å². The van der Waals surface area contributed by atoms with Crippen LogP contribution in [0.4, 0.5) is 5.69 Å². The fourth-order valence-electron chi connectivity index (χ4n) is 1.51. The minimum absolute atomic E-state index is 0.00744. The molecule has 1 aromatic carbocycles. The Labute approximate surface area is 137 Å². The van der Waals surface area contributed by atoms with Gasteiger partial charge in [0.2, 0.25) is 0 Å². The van der Waals surface area contributed by atoms with Crippen LogP contribution in [0.2, 0.25) is 0 Å². The first-order valence-corrected chi connectivity index (χ1v) is 7.76. The molecule has 0 saturated carbocycles. The smallest absolute Gasteiger partial charge is 0.317 e. The third-order valence-electron chi connectivity index (χ3n) is 2.69. The summed E-state index contributed by atoms with van der Waals surface area (Å²) in [7, 11) is 1.52. The van der Waals surface area contributed by atoms with Gasteiger partial charge in [-0.2, -0.15) is 0 Å². The fourth-order valence-corrected chi connectivity index (χ4v) is 2.19. The Balaban J connectivity index is 2.35.